The first-order valence-electron chi connectivity index (χ1n) is 5.53. The van der Waals surface area contributed by atoms with Gasteiger partial charge in [0.25, 0.3) is 11.8 Å². The molecule has 2 aromatic rings. The van der Waals surface area contributed by atoms with E-state index in [1.165, 1.54) is 13.3 Å². The molecule has 0 saturated heterocycles. The SMILES string of the molecule is COc1ccc(NC(=O)COc2cc(C)on2)cn1. The van der Waals surface area contributed by atoms with Gasteiger partial charge in [-0.3, -0.25) is 4.79 Å². The molecular formula is C12H13N3O4. The zero-order valence-electron chi connectivity index (χ0n) is 10.5. The highest BCUT2D eigenvalue weighted by Gasteiger charge is 2.06. The summed E-state index contributed by atoms with van der Waals surface area (Å²) in [6.45, 7) is 1.58. The number of nitrogens with one attached hydrogen (secondary N) is 1. The lowest BCUT2D eigenvalue weighted by atomic mass is 10.4. The number of aromatic nitrogens is 2. The van der Waals surface area contributed by atoms with Crippen LogP contribution in [0.1, 0.15) is 5.76 Å². The van der Waals surface area contributed by atoms with Gasteiger partial charge in [-0.05, 0) is 18.1 Å². The van der Waals surface area contributed by atoms with E-state index < -0.39 is 0 Å². The summed E-state index contributed by atoms with van der Waals surface area (Å²) in [5.74, 6) is 1.07. The fourth-order valence-corrected chi connectivity index (χ4v) is 1.32. The molecule has 0 spiro atoms. The number of aryl methyl sites for hydroxylation is 1. The monoisotopic (exact) mass is 263 g/mol. The van der Waals surface area contributed by atoms with Gasteiger partial charge >= 0.3 is 0 Å². The third-order valence-corrected chi connectivity index (χ3v) is 2.19. The van der Waals surface area contributed by atoms with E-state index in [1.54, 1.807) is 25.1 Å². The first kappa shape index (κ1) is 12.9. The van der Waals surface area contributed by atoms with Crippen molar-refractivity contribution in [2.24, 2.45) is 0 Å². The second-order valence-electron chi connectivity index (χ2n) is 3.70. The van der Waals surface area contributed by atoms with E-state index in [0.717, 1.165) is 0 Å². The standard InChI is InChI=1S/C12H13N3O4/c1-8-5-12(15-19-8)18-7-10(16)14-9-3-4-11(17-2)13-6-9/h3-6H,7H2,1-2H3,(H,14,16). The summed E-state index contributed by atoms with van der Waals surface area (Å²) in [7, 11) is 1.52. The highest BCUT2D eigenvalue weighted by Crippen LogP contribution is 2.12. The van der Waals surface area contributed by atoms with E-state index in [0.29, 0.717) is 17.3 Å². The van der Waals surface area contributed by atoms with Gasteiger partial charge in [0.1, 0.15) is 5.76 Å². The van der Waals surface area contributed by atoms with Crippen molar-refractivity contribution in [3.63, 3.8) is 0 Å². The van der Waals surface area contributed by atoms with Crippen LogP contribution < -0.4 is 14.8 Å². The molecule has 2 rings (SSSR count). The van der Waals surface area contributed by atoms with Gasteiger partial charge in [-0.15, -0.1) is 0 Å². The largest absolute Gasteiger partial charge is 0.481 e. The Morgan fingerprint density at radius 2 is 2.26 bits per heavy atom. The molecule has 1 N–H and O–H groups in total. The average Bonchev–Trinajstić information content (AvgIpc) is 2.83. The lowest BCUT2D eigenvalue weighted by molar-refractivity contribution is -0.118. The molecule has 0 saturated carbocycles. The van der Waals surface area contributed by atoms with Crippen LogP contribution in [0.3, 0.4) is 0 Å². The van der Waals surface area contributed by atoms with Gasteiger partial charge < -0.3 is 19.3 Å². The number of amides is 1. The summed E-state index contributed by atoms with van der Waals surface area (Å²) in [4.78, 5) is 15.6. The number of nitrogens with zero attached hydrogens (tertiary/aromatic N) is 2. The number of rotatable bonds is 5. The van der Waals surface area contributed by atoms with E-state index in [1.807, 2.05) is 0 Å². The molecule has 0 bridgehead atoms. The van der Waals surface area contributed by atoms with Gasteiger partial charge in [-0.2, -0.15) is 0 Å². The van der Waals surface area contributed by atoms with Gasteiger partial charge in [-0.1, -0.05) is 0 Å². The number of anilines is 1. The fraction of sp³-hybridized carbons (Fsp3) is 0.250. The molecule has 0 radical (unpaired) electrons. The Morgan fingerprint density at radius 1 is 1.42 bits per heavy atom. The highest BCUT2D eigenvalue weighted by atomic mass is 16.5. The van der Waals surface area contributed by atoms with Crippen LogP contribution in [0.4, 0.5) is 5.69 Å². The normalized spacial score (nSPS) is 10.0. The first-order chi connectivity index (χ1) is 9.17. The van der Waals surface area contributed by atoms with Crippen molar-refractivity contribution in [2.45, 2.75) is 6.92 Å². The Labute approximate surface area is 109 Å². The van der Waals surface area contributed by atoms with Gasteiger partial charge in [0.05, 0.1) is 19.0 Å². The highest BCUT2D eigenvalue weighted by molar-refractivity contribution is 5.91. The Bertz CT molecular complexity index is 550. The summed E-state index contributed by atoms with van der Waals surface area (Å²) >= 11 is 0. The van der Waals surface area contributed by atoms with E-state index in [-0.39, 0.29) is 18.4 Å². The molecule has 0 fully saturated rings. The van der Waals surface area contributed by atoms with Crippen LogP contribution in [0, 0.1) is 6.92 Å². The molecule has 0 atom stereocenters. The zero-order valence-corrected chi connectivity index (χ0v) is 10.5. The Morgan fingerprint density at radius 3 is 2.84 bits per heavy atom. The Balaban J connectivity index is 1.83. The molecule has 2 aromatic heterocycles. The predicted octanol–water partition coefficient (Wildman–Crippen LogP) is 1.40. The third kappa shape index (κ3) is 3.70. The van der Waals surface area contributed by atoms with Crippen molar-refractivity contribution < 1.29 is 18.8 Å². The summed E-state index contributed by atoms with van der Waals surface area (Å²) in [6, 6.07) is 4.93. The smallest absolute Gasteiger partial charge is 0.262 e. The molecule has 0 aromatic carbocycles. The number of pyridine rings is 1. The number of ether oxygens (including phenoxy) is 2. The quantitative estimate of drug-likeness (QED) is 0.877. The molecule has 19 heavy (non-hydrogen) atoms. The van der Waals surface area contributed by atoms with Crippen LogP contribution in [0.25, 0.3) is 0 Å². The summed E-state index contributed by atoms with van der Waals surface area (Å²) in [6.07, 6.45) is 1.50. The Kier molecular flexibility index (Phi) is 3.97. The molecule has 0 aliphatic rings. The predicted molar refractivity (Wildman–Crippen MR) is 66.2 cm³/mol. The molecule has 7 nitrogen and oxygen atoms in total. The van der Waals surface area contributed by atoms with Crippen LogP contribution >= 0.6 is 0 Å². The van der Waals surface area contributed by atoms with E-state index in [2.05, 4.69) is 15.5 Å². The topological polar surface area (TPSA) is 86.5 Å². The molecule has 0 unspecified atom stereocenters. The molecule has 0 aliphatic carbocycles. The average molecular weight is 263 g/mol. The third-order valence-electron chi connectivity index (χ3n) is 2.19. The van der Waals surface area contributed by atoms with Crippen molar-refractivity contribution in [2.75, 3.05) is 19.0 Å². The lowest BCUT2D eigenvalue weighted by Crippen LogP contribution is -2.20. The maximum Gasteiger partial charge on any atom is 0.262 e. The molecule has 1 amide bonds. The van der Waals surface area contributed by atoms with Gasteiger partial charge in [0.2, 0.25) is 5.88 Å². The van der Waals surface area contributed by atoms with Crippen LogP contribution in [0.5, 0.6) is 11.8 Å². The maximum absolute atomic E-state index is 11.6. The fourth-order valence-electron chi connectivity index (χ4n) is 1.32. The van der Waals surface area contributed by atoms with Crippen LogP contribution in [0.15, 0.2) is 28.9 Å². The molecule has 7 heteroatoms. The second-order valence-corrected chi connectivity index (χ2v) is 3.70. The molecule has 2 heterocycles. The summed E-state index contributed by atoms with van der Waals surface area (Å²) in [5.41, 5.74) is 0.561. The van der Waals surface area contributed by atoms with E-state index in [9.17, 15) is 4.79 Å². The maximum atomic E-state index is 11.6. The number of hydrogen-bond acceptors (Lipinski definition) is 6. The minimum absolute atomic E-state index is 0.155. The summed E-state index contributed by atoms with van der Waals surface area (Å²) in [5, 5.41) is 6.24. The number of carbonyl (C=O) groups is 1. The van der Waals surface area contributed by atoms with Crippen molar-refractivity contribution in [1.29, 1.82) is 0 Å². The zero-order chi connectivity index (χ0) is 13.7. The number of methoxy groups -OCH3 is 1. The minimum atomic E-state index is -0.312. The first-order valence-corrected chi connectivity index (χ1v) is 5.53. The van der Waals surface area contributed by atoms with Crippen LogP contribution in [-0.4, -0.2) is 29.8 Å². The number of carbonyl (C=O) groups excluding carboxylic acids is 1. The summed E-state index contributed by atoms with van der Waals surface area (Å²) < 4.78 is 14.9. The van der Waals surface area contributed by atoms with Crippen molar-refractivity contribution in [3.05, 3.63) is 30.2 Å². The van der Waals surface area contributed by atoms with Crippen molar-refractivity contribution in [3.8, 4) is 11.8 Å². The van der Waals surface area contributed by atoms with E-state index >= 15 is 0 Å². The van der Waals surface area contributed by atoms with Gasteiger partial charge in [-0.25, -0.2) is 4.98 Å². The second kappa shape index (κ2) is 5.85. The van der Waals surface area contributed by atoms with E-state index in [4.69, 9.17) is 14.0 Å². The van der Waals surface area contributed by atoms with Crippen molar-refractivity contribution in [1.82, 2.24) is 10.1 Å². The van der Waals surface area contributed by atoms with Crippen LogP contribution in [0.2, 0.25) is 0 Å². The molecule has 0 aliphatic heterocycles. The number of hydrogen-bond donors (Lipinski definition) is 1. The van der Waals surface area contributed by atoms with Crippen LogP contribution in [-0.2, 0) is 4.79 Å². The van der Waals surface area contributed by atoms with Gasteiger partial charge in [0.15, 0.2) is 6.61 Å². The molecule has 100 valence electrons. The Hall–Kier alpha value is -2.57. The molecular weight excluding hydrogens is 250 g/mol. The minimum Gasteiger partial charge on any atom is -0.481 e. The van der Waals surface area contributed by atoms with Gasteiger partial charge in [0, 0.05) is 12.1 Å². The van der Waals surface area contributed by atoms with Crippen molar-refractivity contribution >= 4 is 11.6 Å². The lowest BCUT2D eigenvalue weighted by Gasteiger charge is -2.05.